The third kappa shape index (κ3) is 3.37. The third-order valence-corrected chi connectivity index (χ3v) is 6.02. The average molecular weight is 434 g/mol. The van der Waals surface area contributed by atoms with Crippen molar-refractivity contribution < 1.29 is 9.32 Å². The maximum absolute atomic E-state index is 13.5. The molecule has 1 amide bonds. The summed E-state index contributed by atoms with van der Waals surface area (Å²) < 4.78 is 9.40. The molecule has 1 fully saturated rings. The molecule has 9 heteroatoms. The second kappa shape index (κ2) is 7.58. The number of amides is 1. The van der Waals surface area contributed by atoms with Crippen LogP contribution in [0.25, 0.3) is 22.4 Å². The topological polar surface area (TPSA) is 104 Å². The van der Waals surface area contributed by atoms with Crippen LogP contribution in [-0.4, -0.2) is 35.6 Å². The van der Waals surface area contributed by atoms with Crippen LogP contribution in [0.15, 0.2) is 22.9 Å². The molecule has 1 aliphatic rings. The Bertz CT molecular complexity index is 1320. The minimum atomic E-state index is -0.252. The first kappa shape index (κ1) is 20.4. The first-order valence-electron chi connectivity index (χ1n) is 11.1. The lowest BCUT2D eigenvalue weighted by Crippen LogP contribution is -2.14. The van der Waals surface area contributed by atoms with Crippen molar-refractivity contribution in [1.82, 2.24) is 29.7 Å². The van der Waals surface area contributed by atoms with Crippen LogP contribution >= 0.6 is 0 Å². The number of rotatable bonds is 6. The van der Waals surface area contributed by atoms with Gasteiger partial charge in [0.25, 0.3) is 11.6 Å². The van der Waals surface area contributed by atoms with Gasteiger partial charge in [-0.05, 0) is 53.5 Å². The second-order valence-electron chi connectivity index (χ2n) is 8.70. The number of aromatic nitrogens is 6. The zero-order valence-electron chi connectivity index (χ0n) is 19.0. The number of hydrogen-bond donors (Lipinski definition) is 1. The number of nitrogens with zero attached hydrogens (tertiary/aromatic N) is 6. The summed E-state index contributed by atoms with van der Waals surface area (Å²) in [6.07, 6.45) is 3.90. The number of aryl methyl sites for hydroxylation is 2. The van der Waals surface area contributed by atoms with Crippen molar-refractivity contribution in [2.24, 2.45) is 0 Å². The lowest BCUT2D eigenvalue weighted by molar-refractivity contribution is 0.102. The fourth-order valence-electron chi connectivity index (χ4n) is 4.17. The normalized spacial score (nSPS) is 13.9. The van der Waals surface area contributed by atoms with Crippen LogP contribution in [0.5, 0.6) is 0 Å². The molecule has 4 heterocycles. The lowest BCUT2D eigenvalue weighted by Gasteiger charge is -2.08. The average Bonchev–Trinajstić information content (AvgIpc) is 3.28. The monoisotopic (exact) mass is 433 g/mol. The van der Waals surface area contributed by atoms with Gasteiger partial charge in [0.05, 0.1) is 17.1 Å². The standard InChI is InChI=1S/C23H27N7O2/c1-6-29-14(5)17(11-24-29)21-20-16(10-18(15-7-8-15)25-23(20)32-28-21)22(31)26-19-9-13(4)30(27-19)12(2)3/h9-12,15H,6-8H2,1-5H3,(H,26,27,31). The van der Waals surface area contributed by atoms with E-state index < -0.39 is 0 Å². The molecule has 0 spiro atoms. The van der Waals surface area contributed by atoms with Crippen LogP contribution in [0.1, 0.15) is 73.0 Å². The predicted octanol–water partition coefficient (Wildman–Crippen LogP) is 4.63. The molecule has 0 unspecified atom stereocenters. The van der Waals surface area contributed by atoms with Gasteiger partial charge in [-0.25, -0.2) is 4.98 Å². The van der Waals surface area contributed by atoms with E-state index >= 15 is 0 Å². The third-order valence-electron chi connectivity index (χ3n) is 6.02. The lowest BCUT2D eigenvalue weighted by atomic mass is 10.0. The highest BCUT2D eigenvalue weighted by molar-refractivity contribution is 6.14. The van der Waals surface area contributed by atoms with E-state index in [1.165, 1.54) is 0 Å². The van der Waals surface area contributed by atoms with Crippen LogP contribution < -0.4 is 5.32 Å². The van der Waals surface area contributed by atoms with Crippen molar-refractivity contribution >= 4 is 22.8 Å². The number of carbonyl (C=O) groups excluding carboxylic acids is 1. The van der Waals surface area contributed by atoms with Gasteiger partial charge in [0.1, 0.15) is 5.69 Å². The zero-order chi connectivity index (χ0) is 22.6. The van der Waals surface area contributed by atoms with Crippen LogP contribution in [-0.2, 0) is 6.54 Å². The van der Waals surface area contributed by atoms with Gasteiger partial charge in [-0.3, -0.25) is 14.2 Å². The highest BCUT2D eigenvalue weighted by atomic mass is 16.5. The van der Waals surface area contributed by atoms with Crippen molar-refractivity contribution in [1.29, 1.82) is 0 Å². The Labute approximate surface area is 185 Å². The van der Waals surface area contributed by atoms with Crippen LogP contribution in [0.4, 0.5) is 5.82 Å². The number of pyridine rings is 1. The highest BCUT2D eigenvalue weighted by Crippen LogP contribution is 2.41. The number of nitrogens with one attached hydrogen (secondary N) is 1. The maximum atomic E-state index is 13.5. The Balaban J connectivity index is 1.61. The highest BCUT2D eigenvalue weighted by Gasteiger charge is 2.30. The fourth-order valence-corrected chi connectivity index (χ4v) is 4.17. The molecule has 0 atom stereocenters. The first-order valence-corrected chi connectivity index (χ1v) is 11.1. The number of anilines is 1. The Hall–Kier alpha value is -3.49. The van der Waals surface area contributed by atoms with Crippen molar-refractivity contribution in [3.63, 3.8) is 0 Å². The summed E-state index contributed by atoms with van der Waals surface area (Å²) in [6, 6.07) is 3.96. The molecule has 0 bridgehead atoms. The van der Waals surface area contributed by atoms with E-state index in [1.807, 2.05) is 42.3 Å². The van der Waals surface area contributed by atoms with Gasteiger partial charge < -0.3 is 9.84 Å². The molecule has 32 heavy (non-hydrogen) atoms. The molecule has 1 aliphatic carbocycles. The Morgan fingerprint density at radius 1 is 1.28 bits per heavy atom. The summed E-state index contributed by atoms with van der Waals surface area (Å²) in [6.45, 7) is 10.9. The Morgan fingerprint density at radius 3 is 2.69 bits per heavy atom. The minimum Gasteiger partial charge on any atom is -0.335 e. The predicted molar refractivity (Wildman–Crippen MR) is 121 cm³/mol. The van der Waals surface area contributed by atoms with Crippen molar-refractivity contribution in [3.05, 3.63) is 41.0 Å². The first-order chi connectivity index (χ1) is 15.4. The molecule has 5 rings (SSSR count). The molecular weight excluding hydrogens is 406 g/mol. The summed E-state index contributed by atoms with van der Waals surface area (Å²) in [7, 11) is 0. The summed E-state index contributed by atoms with van der Waals surface area (Å²) in [5, 5.41) is 16.8. The van der Waals surface area contributed by atoms with E-state index in [4.69, 9.17) is 4.52 Å². The van der Waals surface area contributed by atoms with Gasteiger partial charge in [0, 0.05) is 47.2 Å². The molecule has 0 aromatic carbocycles. The number of fused-ring (bicyclic) bond motifs is 1. The molecule has 4 aromatic rings. The molecule has 9 nitrogen and oxygen atoms in total. The molecule has 1 N–H and O–H groups in total. The van der Waals surface area contributed by atoms with Gasteiger partial charge in [-0.1, -0.05) is 5.16 Å². The quantitative estimate of drug-likeness (QED) is 0.475. The van der Waals surface area contributed by atoms with Crippen molar-refractivity contribution in [2.45, 2.75) is 66.0 Å². The zero-order valence-corrected chi connectivity index (χ0v) is 19.0. The van der Waals surface area contributed by atoms with E-state index in [1.54, 1.807) is 6.20 Å². The van der Waals surface area contributed by atoms with E-state index in [0.717, 1.165) is 42.0 Å². The summed E-state index contributed by atoms with van der Waals surface area (Å²) >= 11 is 0. The summed E-state index contributed by atoms with van der Waals surface area (Å²) in [4.78, 5) is 18.1. The van der Waals surface area contributed by atoms with Gasteiger partial charge in [0.2, 0.25) is 0 Å². The van der Waals surface area contributed by atoms with Gasteiger partial charge in [0.15, 0.2) is 5.82 Å². The number of hydrogen-bond acceptors (Lipinski definition) is 6. The van der Waals surface area contributed by atoms with Crippen molar-refractivity contribution in [3.8, 4) is 11.3 Å². The number of carbonyl (C=O) groups is 1. The van der Waals surface area contributed by atoms with Crippen LogP contribution in [0, 0.1) is 13.8 Å². The largest absolute Gasteiger partial charge is 0.335 e. The van der Waals surface area contributed by atoms with Crippen LogP contribution in [0.2, 0.25) is 0 Å². The smallest absolute Gasteiger partial charge is 0.259 e. The van der Waals surface area contributed by atoms with Gasteiger partial charge >= 0.3 is 0 Å². The SMILES string of the molecule is CCn1ncc(-c2noc3nc(C4CC4)cc(C(=O)Nc4cc(C)n(C(C)C)n4)c23)c1C. The second-order valence-corrected chi connectivity index (χ2v) is 8.70. The maximum Gasteiger partial charge on any atom is 0.259 e. The Morgan fingerprint density at radius 2 is 2.06 bits per heavy atom. The summed E-state index contributed by atoms with van der Waals surface area (Å²) in [5.74, 6) is 0.635. The fraction of sp³-hybridized carbons (Fsp3) is 0.435. The minimum absolute atomic E-state index is 0.206. The van der Waals surface area contributed by atoms with E-state index in [9.17, 15) is 4.79 Å². The molecule has 0 aliphatic heterocycles. The van der Waals surface area contributed by atoms with E-state index in [-0.39, 0.29) is 11.9 Å². The molecule has 0 saturated heterocycles. The van der Waals surface area contributed by atoms with E-state index in [0.29, 0.717) is 34.1 Å². The van der Waals surface area contributed by atoms with E-state index in [2.05, 4.69) is 39.5 Å². The van der Waals surface area contributed by atoms with Crippen molar-refractivity contribution in [2.75, 3.05) is 5.32 Å². The molecule has 1 saturated carbocycles. The summed E-state index contributed by atoms with van der Waals surface area (Å²) in [5.41, 5.74) is 5.11. The molecule has 166 valence electrons. The molecule has 0 radical (unpaired) electrons. The Kier molecular flexibility index (Phi) is 4.83. The molecule has 4 aromatic heterocycles. The van der Waals surface area contributed by atoms with Gasteiger partial charge in [-0.2, -0.15) is 10.2 Å². The molecular formula is C23H27N7O2. The van der Waals surface area contributed by atoms with Crippen LogP contribution in [0.3, 0.4) is 0 Å². The van der Waals surface area contributed by atoms with Gasteiger partial charge in [-0.15, -0.1) is 0 Å².